The molecule has 0 aromatic heterocycles. The molecule has 1 aromatic rings. The molecule has 4 nitrogen and oxygen atoms in total. The number of nitrogens with two attached hydrogens (primary N) is 1. The third-order valence-electron chi connectivity index (χ3n) is 3.66. The molecule has 2 rings (SSSR count). The highest BCUT2D eigenvalue weighted by molar-refractivity contribution is 5.74. The van der Waals surface area contributed by atoms with E-state index >= 15 is 0 Å². The van der Waals surface area contributed by atoms with E-state index in [0.29, 0.717) is 6.42 Å². The van der Waals surface area contributed by atoms with Crippen LogP contribution in [-0.2, 0) is 17.8 Å². The number of fused-ring (bicyclic) bond motifs is 1. The molecule has 1 aliphatic heterocycles. The molecule has 0 saturated carbocycles. The summed E-state index contributed by atoms with van der Waals surface area (Å²) >= 11 is 0. The van der Waals surface area contributed by atoms with E-state index in [1.165, 1.54) is 23.2 Å². The summed E-state index contributed by atoms with van der Waals surface area (Å²) in [4.78, 5) is 13.1. The van der Waals surface area contributed by atoms with Gasteiger partial charge in [0.15, 0.2) is 0 Å². The van der Waals surface area contributed by atoms with E-state index < -0.39 is 0 Å². The maximum Gasteiger partial charge on any atom is 0.218 e. The van der Waals surface area contributed by atoms with Crippen LogP contribution < -0.4 is 16.0 Å². The Hall–Kier alpha value is -1.55. The van der Waals surface area contributed by atoms with Crippen molar-refractivity contribution in [1.82, 2.24) is 5.32 Å². The van der Waals surface area contributed by atoms with Gasteiger partial charge in [0.1, 0.15) is 0 Å². The van der Waals surface area contributed by atoms with Crippen molar-refractivity contribution in [1.29, 1.82) is 0 Å². The van der Waals surface area contributed by atoms with Crippen LogP contribution in [0.3, 0.4) is 0 Å². The lowest BCUT2D eigenvalue weighted by Gasteiger charge is -2.28. The SMILES string of the molecule is CC(CC(N)=O)NCc1ccc2c(c1)CCCN2C. The Bertz CT molecular complexity index is 459. The van der Waals surface area contributed by atoms with Gasteiger partial charge in [0.25, 0.3) is 0 Å². The summed E-state index contributed by atoms with van der Waals surface area (Å²) in [5, 5.41) is 3.33. The molecule has 1 heterocycles. The van der Waals surface area contributed by atoms with Crippen LogP contribution in [0.5, 0.6) is 0 Å². The van der Waals surface area contributed by atoms with Crippen LogP contribution in [0.4, 0.5) is 5.69 Å². The van der Waals surface area contributed by atoms with Gasteiger partial charge in [0.05, 0.1) is 0 Å². The number of hydrogen-bond acceptors (Lipinski definition) is 3. The van der Waals surface area contributed by atoms with Crippen molar-refractivity contribution in [2.75, 3.05) is 18.5 Å². The molecule has 19 heavy (non-hydrogen) atoms. The predicted octanol–water partition coefficient (Wildman–Crippen LogP) is 1.42. The topological polar surface area (TPSA) is 58.4 Å². The number of nitrogens with zero attached hydrogens (tertiary/aromatic N) is 1. The molecule has 0 aliphatic carbocycles. The molecule has 0 fully saturated rings. The normalized spacial score (nSPS) is 16.0. The maximum atomic E-state index is 10.8. The van der Waals surface area contributed by atoms with Crippen molar-refractivity contribution in [3.05, 3.63) is 29.3 Å². The summed E-state index contributed by atoms with van der Waals surface area (Å²) in [6.07, 6.45) is 2.76. The van der Waals surface area contributed by atoms with E-state index in [1.54, 1.807) is 0 Å². The third-order valence-corrected chi connectivity index (χ3v) is 3.66. The monoisotopic (exact) mass is 261 g/mol. The first-order valence-corrected chi connectivity index (χ1v) is 6.91. The Kier molecular flexibility index (Phi) is 4.43. The fraction of sp³-hybridized carbons (Fsp3) is 0.533. The Morgan fingerprint density at radius 3 is 3.05 bits per heavy atom. The Balaban J connectivity index is 1.96. The molecule has 1 aromatic carbocycles. The van der Waals surface area contributed by atoms with Crippen LogP contribution in [-0.4, -0.2) is 25.5 Å². The van der Waals surface area contributed by atoms with Crippen molar-refractivity contribution in [2.24, 2.45) is 5.73 Å². The number of carbonyl (C=O) groups is 1. The van der Waals surface area contributed by atoms with Crippen LogP contribution in [0, 0.1) is 0 Å². The standard InChI is InChI=1S/C15H23N3O/c1-11(8-15(16)19)17-10-12-5-6-14-13(9-12)4-3-7-18(14)2/h5-6,9,11,17H,3-4,7-8,10H2,1-2H3,(H2,16,19). The highest BCUT2D eigenvalue weighted by Crippen LogP contribution is 2.26. The molecule has 1 amide bonds. The minimum absolute atomic E-state index is 0.121. The lowest BCUT2D eigenvalue weighted by Crippen LogP contribution is -2.30. The molecule has 0 bridgehead atoms. The molecule has 3 N–H and O–H groups in total. The third kappa shape index (κ3) is 3.70. The smallest absolute Gasteiger partial charge is 0.218 e. The molecule has 1 atom stereocenters. The van der Waals surface area contributed by atoms with Gasteiger partial charge in [0, 0.05) is 38.3 Å². The Morgan fingerprint density at radius 1 is 1.53 bits per heavy atom. The minimum Gasteiger partial charge on any atom is -0.374 e. The number of benzene rings is 1. The Labute approximate surface area is 115 Å². The Morgan fingerprint density at radius 2 is 2.32 bits per heavy atom. The predicted molar refractivity (Wildman–Crippen MR) is 78.1 cm³/mol. The second-order valence-electron chi connectivity index (χ2n) is 5.44. The number of hydrogen-bond donors (Lipinski definition) is 2. The second-order valence-corrected chi connectivity index (χ2v) is 5.44. The molecule has 0 radical (unpaired) electrons. The van der Waals surface area contributed by atoms with Gasteiger partial charge in [-0.3, -0.25) is 4.79 Å². The highest BCUT2D eigenvalue weighted by atomic mass is 16.1. The van der Waals surface area contributed by atoms with Crippen LogP contribution >= 0.6 is 0 Å². The van der Waals surface area contributed by atoms with E-state index in [2.05, 4.69) is 35.5 Å². The number of primary amides is 1. The fourth-order valence-corrected chi connectivity index (χ4v) is 2.61. The van der Waals surface area contributed by atoms with Gasteiger partial charge in [-0.05, 0) is 37.0 Å². The van der Waals surface area contributed by atoms with Gasteiger partial charge >= 0.3 is 0 Å². The summed E-state index contributed by atoms with van der Waals surface area (Å²) < 4.78 is 0. The first-order chi connectivity index (χ1) is 9.06. The fourth-order valence-electron chi connectivity index (χ4n) is 2.61. The van der Waals surface area contributed by atoms with Crippen LogP contribution in [0.15, 0.2) is 18.2 Å². The minimum atomic E-state index is -0.257. The number of anilines is 1. The molecule has 0 spiro atoms. The molecule has 1 aliphatic rings. The van der Waals surface area contributed by atoms with Gasteiger partial charge in [-0.15, -0.1) is 0 Å². The summed E-state index contributed by atoms with van der Waals surface area (Å²) in [5.41, 5.74) is 9.23. The number of aryl methyl sites for hydroxylation is 1. The second kappa shape index (κ2) is 6.06. The lowest BCUT2D eigenvalue weighted by atomic mass is 9.99. The summed E-state index contributed by atoms with van der Waals surface area (Å²) in [6.45, 7) is 3.91. The van der Waals surface area contributed by atoms with E-state index in [1.807, 2.05) is 6.92 Å². The van der Waals surface area contributed by atoms with Crippen molar-refractivity contribution in [3.8, 4) is 0 Å². The largest absolute Gasteiger partial charge is 0.374 e. The summed E-state index contributed by atoms with van der Waals surface area (Å²) in [6, 6.07) is 6.75. The molecule has 1 unspecified atom stereocenters. The zero-order valence-corrected chi connectivity index (χ0v) is 11.8. The van der Waals surface area contributed by atoms with Gasteiger partial charge in [-0.25, -0.2) is 0 Å². The first-order valence-electron chi connectivity index (χ1n) is 6.91. The quantitative estimate of drug-likeness (QED) is 0.843. The van der Waals surface area contributed by atoms with Crippen molar-refractivity contribution >= 4 is 11.6 Å². The first kappa shape index (κ1) is 13.9. The van der Waals surface area contributed by atoms with Crippen LogP contribution in [0.1, 0.15) is 30.9 Å². The maximum absolute atomic E-state index is 10.8. The molecule has 4 heteroatoms. The van der Waals surface area contributed by atoms with Crippen molar-refractivity contribution in [3.63, 3.8) is 0 Å². The molecular formula is C15H23N3O. The zero-order valence-electron chi connectivity index (χ0n) is 11.8. The van der Waals surface area contributed by atoms with Gasteiger partial charge in [-0.1, -0.05) is 12.1 Å². The van der Waals surface area contributed by atoms with Crippen LogP contribution in [0.2, 0.25) is 0 Å². The summed E-state index contributed by atoms with van der Waals surface area (Å²) in [7, 11) is 2.14. The molecule has 104 valence electrons. The van der Waals surface area contributed by atoms with Crippen molar-refractivity contribution < 1.29 is 4.79 Å². The summed E-state index contributed by atoms with van der Waals surface area (Å²) in [5.74, 6) is -0.257. The number of nitrogens with one attached hydrogen (secondary N) is 1. The molecule has 0 saturated heterocycles. The highest BCUT2D eigenvalue weighted by Gasteiger charge is 2.13. The van der Waals surface area contributed by atoms with E-state index in [-0.39, 0.29) is 11.9 Å². The van der Waals surface area contributed by atoms with E-state index in [4.69, 9.17) is 5.73 Å². The van der Waals surface area contributed by atoms with Gasteiger partial charge in [-0.2, -0.15) is 0 Å². The number of rotatable bonds is 5. The lowest BCUT2D eigenvalue weighted by molar-refractivity contribution is -0.118. The molecular weight excluding hydrogens is 238 g/mol. The average molecular weight is 261 g/mol. The van der Waals surface area contributed by atoms with E-state index in [9.17, 15) is 4.79 Å². The average Bonchev–Trinajstić information content (AvgIpc) is 2.36. The van der Waals surface area contributed by atoms with Crippen LogP contribution in [0.25, 0.3) is 0 Å². The zero-order chi connectivity index (χ0) is 13.8. The van der Waals surface area contributed by atoms with Gasteiger partial charge < -0.3 is 16.0 Å². The van der Waals surface area contributed by atoms with Crippen molar-refractivity contribution in [2.45, 2.75) is 38.8 Å². The number of amides is 1. The number of carbonyl (C=O) groups excluding carboxylic acids is 1. The van der Waals surface area contributed by atoms with E-state index in [0.717, 1.165) is 19.5 Å². The van der Waals surface area contributed by atoms with Gasteiger partial charge in [0.2, 0.25) is 5.91 Å².